The SMILES string of the molecule is CCCC(C)C(C)C(CC)CC(C)C. The minimum Gasteiger partial charge on any atom is -0.0654 e. The van der Waals surface area contributed by atoms with E-state index in [4.69, 9.17) is 0 Å². The highest BCUT2D eigenvalue weighted by molar-refractivity contribution is 4.71. The first kappa shape index (κ1) is 14.0. The average molecular weight is 198 g/mol. The molecule has 0 aromatic heterocycles. The molecular weight excluding hydrogens is 168 g/mol. The van der Waals surface area contributed by atoms with Crippen LogP contribution in [0, 0.1) is 23.7 Å². The van der Waals surface area contributed by atoms with Crippen molar-refractivity contribution in [1.82, 2.24) is 0 Å². The molecule has 0 nitrogen and oxygen atoms in total. The fourth-order valence-electron chi connectivity index (χ4n) is 2.54. The Bertz CT molecular complexity index is 126. The molecule has 0 fully saturated rings. The lowest BCUT2D eigenvalue weighted by molar-refractivity contribution is 0.212. The largest absolute Gasteiger partial charge is 0.0654 e. The normalized spacial score (nSPS) is 18.2. The summed E-state index contributed by atoms with van der Waals surface area (Å²) in [5, 5.41) is 0. The molecule has 0 spiro atoms. The van der Waals surface area contributed by atoms with Crippen LogP contribution in [0.4, 0.5) is 0 Å². The highest BCUT2D eigenvalue weighted by Gasteiger charge is 2.21. The van der Waals surface area contributed by atoms with Crippen LogP contribution in [-0.4, -0.2) is 0 Å². The molecule has 0 N–H and O–H groups in total. The van der Waals surface area contributed by atoms with Gasteiger partial charge < -0.3 is 0 Å². The molecule has 0 saturated heterocycles. The molecule has 0 bridgehead atoms. The van der Waals surface area contributed by atoms with Crippen molar-refractivity contribution in [1.29, 1.82) is 0 Å². The summed E-state index contributed by atoms with van der Waals surface area (Å²) in [4.78, 5) is 0. The first-order chi connectivity index (χ1) is 6.52. The molecule has 0 rings (SSSR count). The molecule has 0 saturated carbocycles. The quantitative estimate of drug-likeness (QED) is 0.532. The van der Waals surface area contributed by atoms with Gasteiger partial charge in [-0.3, -0.25) is 0 Å². The Morgan fingerprint density at radius 2 is 1.50 bits per heavy atom. The molecule has 86 valence electrons. The minimum atomic E-state index is 0.858. The second-order valence-corrected chi connectivity index (χ2v) is 5.42. The summed E-state index contributed by atoms with van der Waals surface area (Å²) in [6, 6.07) is 0. The first-order valence-electron chi connectivity index (χ1n) is 6.52. The zero-order chi connectivity index (χ0) is 11.1. The number of hydrogen-bond acceptors (Lipinski definition) is 0. The fraction of sp³-hybridized carbons (Fsp3) is 1.00. The molecule has 0 heterocycles. The molecule has 3 atom stereocenters. The van der Waals surface area contributed by atoms with E-state index in [1.54, 1.807) is 0 Å². The number of rotatable bonds is 7. The lowest BCUT2D eigenvalue weighted by Crippen LogP contribution is -2.20. The summed E-state index contributed by atoms with van der Waals surface area (Å²) in [7, 11) is 0. The zero-order valence-electron chi connectivity index (χ0n) is 11.1. The third-order valence-electron chi connectivity index (χ3n) is 3.68. The summed E-state index contributed by atoms with van der Waals surface area (Å²) in [6.45, 7) is 14.2. The molecular formula is C14H30. The topological polar surface area (TPSA) is 0 Å². The Balaban J connectivity index is 4.07. The van der Waals surface area contributed by atoms with Crippen molar-refractivity contribution in [3.05, 3.63) is 0 Å². The summed E-state index contributed by atoms with van der Waals surface area (Å²) >= 11 is 0. The summed E-state index contributed by atoms with van der Waals surface area (Å²) in [5.41, 5.74) is 0. The fourth-order valence-corrected chi connectivity index (χ4v) is 2.54. The average Bonchev–Trinajstić information content (AvgIpc) is 2.13. The lowest BCUT2D eigenvalue weighted by atomic mass is 9.77. The van der Waals surface area contributed by atoms with Gasteiger partial charge in [0, 0.05) is 0 Å². The predicted octanol–water partition coefficient (Wildman–Crippen LogP) is 5.13. The Labute approximate surface area is 91.5 Å². The predicted molar refractivity (Wildman–Crippen MR) is 66.5 cm³/mol. The van der Waals surface area contributed by atoms with E-state index in [0.29, 0.717) is 0 Å². The molecule has 0 aliphatic heterocycles. The van der Waals surface area contributed by atoms with Crippen molar-refractivity contribution < 1.29 is 0 Å². The van der Waals surface area contributed by atoms with Crippen LogP contribution in [0.3, 0.4) is 0 Å². The summed E-state index contributed by atoms with van der Waals surface area (Å²) in [5.74, 6) is 3.61. The molecule has 0 radical (unpaired) electrons. The highest BCUT2D eigenvalue weighted by Crippen LogP contribution is 2.31. The van der Waals surface area contributed by atoms with Gasteiger partial charge >= 0.3 is 0 Å². The van der Waals surface area contributed by atoms with Crippen molar-refractivity contribution in [2.75, 3.05) is 0 Å². The van der Waals surface area contributed by atoms with Crippen molar-refractivity contribution in [3.8, 4) is 0 Å². The third-order valence-corrected chi connectivity index (χ3v) is 3.68. The van der Waals surface area contributed by atoms with Gasteiger partial charge in [0.15, 0.2) is 0 Å². The van der Waals surface area contributed by atoms with Gasteiger partial charge in [0.2, 0.25) is 0 Å². The van der Waals surface area contributed by atoms with Crippen LogP contribution in [0.1, 0.15) is 67.2 Å². The van der Waals surface area contributed by atoms with Crippen LogP contribution in [0.15, 0.2) is 0 Å². The summed E-state index contributed by atoms with van der Waals surface area (Å²) in [6.07, 6.45) is 5.50. The Kier molecular flexibility index (Phi) is 7.31. The second kappa shape index (κ2) is 7.31. The van der Waals surface area contributed by atoms with E-state index < -0.39 is 0 Å². The molecule has 14 heavy (non-hydrogen) atoms. The van der Waals surface area contributed by atoms with Crippen molar-refractivity contribution in [2.24, 2.45) is 23.7 Å². The molecule has 0 aromatic rings. The maximum atomic E-state index is 2.46. The summed E-state index contributed by atoms with van der Waals surface area (Å²) < 4.78 is 0. The van der Waals surface area contributed by atoms with Crippen LogP contribution in [0.25, 0.3) is 0 Å². The van der Waals surface area contributed by atoms with Crippen LogP contribution in [0.5, 0.6) is 0 Å². The van der Waals surface area contributed by atoms with E-state index in [1.807, 2.05) is 0 Å². The molecule has 3 unspecified atom stereocenters. The van der Waals surface area contributed by atoms with Gasteiger partial charge in [0.05, 0.1) is 0 Å². The van der Waals surface area contributed by atoms with Gasteiger partial charge in [-0.15, -0.1) is 0 Å². The van der Waals surface area contributed by atoms with Gasteiger partial charge in [-0.2, -0.15) is 0 Å². The van der Waals surface area contributed by atoms with E-state index in [9.17, 15) is 0 Å². The Morgan fingerprint density at radius 3 is 1.86 bits per heavy atom. The van der Waals surface area contributed by atoms with E-state index in [-0.39, 0.29) is 0 Å². The number of hydrogen-bond donors (Lipinski definition) is 0. The Morgan fingerprint density at radius 1 is 0.929 bits per heavy atom. The van der Waals surface area contributed by atoms with Crippen LogP contribution >= 0.6 is 0 Å². The Hall–Kier alpha value is 0. The zero-order valence-corrected chi connectivity index (χ0v) is 11.1. The van der Waals surface area contributed by atoms with E-state index in [2.05, 4.69) is 41.5 Å². The third kappa shape index (κ3) is 5.02. The molecule has 0 aromatic carbocycles. The van der Waals surface area contributed by atoms with Gasteiger partial charge in [-0.25, -0.2) is 0 Å². The monoisotopic (exact) mass is 198 g/mol. The lowest BCUT2D eigenvalue weighted by Gasteiger charge is -2.29. The van der Waals surface area contributed by atoms with Gasteiger partial charge in [-0.1, -0.05) is 60.8 Å². The molecule has 0 heteroatoms. The van der Waals surface area contributed by atoms with E-state index in [1.165, 1.54) is 25.7 Å². The van der Waals surface area contributed by atoms with Crippen molar-refractivity contribution in [3.63, 3.8) is 0 Å². The molecule has 0 aliphatic rings. The van der Waals surface area contributed by atoms with Crippen LogP contribution in [0.2, 0.25) is 0 Å². The van der Waals surface area contributed by atoms with Crippen LogP contribution in [-0.2, 0) is 0 Å². The second-order valence-electron chi connectivity index (χ2n) is 5.42. The maximum absolute atomic E-state index is 2.46. The smallest absolute Gasteiger partial charge is 0.0386 e. The van der Waals surface area contributed by atoms with Crippen molar-refractivity contribution in [2.45, 2.75) is 67.2 Å². The van der Waals surface area contributed by atoms with Gasteiger partial charge in [-0.05, 0) is 30.1 Å². The van der Waals surface area contributed by atoms with Crippen molar-refractivity contribution >= 4 is 0 Å². The molecule has 0 amide bonds. The standard InChI is InChI=1S/C14H30/c1-7-9-12(5)13(6)14(8-2)10-11(3)4/h11-14H,7-10H2,1-6H3. The minimum absolute atomic E-state index is 0.858. The molecule has 0 aliphatic carbocycles. The van der Waals surface area contributed by atoms with Crippen LogP contribution < -0.4 is 0 Å². The van der Waals surface area contributed by atoms with E-state index >= 15 is 0 Å². The van der Waals surface area contributed by atoms with Gasteiger partial charge in [0.25, 0.3) is 0 Å². The van der Waals surface area contributed by atoms with E-state index in [0.717, 1.165) is 23.7 Å². The maximum Gasteiger partial charge on any atom is -0.0386 e. The first-order valence-corrected chi connectivity index (χ1v) is 6.52. The highest BCUT2D eigenvalue weighted by atomic mass is 14.3. The van der Waals surface area contributed by atoms with Gasteiger partial charge in [0.1, 0.15) is 0 Å².